The number of carboxylic acid groups (broad SMARTS) is 1. The second-order valence-electron chi connectivity index (χ2n) is 4.47. The molecule has 1 atom stereocenters. The van der Waals surface area contributed by atoms with Crippen molar-refractivity contribution in [1.82, 2.24) is 9.62 Å². The van der Waals surface area contributed by atoms with Crippen molar-refractivity contribution in [1.29, 1.82) is 0 Å². The molecular weight excluding hydrogens is 304 g/mol. The Balaban J connectivity index is 2.42. The van der Waals surface area contributed by atoms with Crippen LogP contribution in [0.25, 0.3) is 0 Å². The third kappa shape index (κ3) is 2.43. The SMILES string of the molecule is Cc1cc(S(=O)(=O)N2CCNC(=O)C2C)sc1C(=O)O. The molecule has 1 amide bonds. The van der Waals surface area contributed by atoms with Gasteiger partial charge in [0.1, 0.15) is 15.1 Å². The molecule has 0 spiro atoms. The van der Waals surface area contributed by atoms with Crippen molar-refractivity contribution in [2.45, 2.75) is 24.1 Å². The topological polar surface area (TPSA) is 104 Å². The van der Waals surface area contributed by atoms with Crippen LogP contribution in [0, 0.1) is 6.92 Å². The number of carbonyl (C=O) groups is 2. The van der Waals surface area contributed by atoms with Gasteiger partial charge in [-0.15, -0.1) is 11.3 Å². The molecule has 0 saturated carbocycles. The zero-order chi connectivity index (χ0) is 15.1. The van der Waals surface area contributed by atoms with Gasteiger partial charge < -0.3 is 10.4 Å². The number of carboxylic acids is 1. The van der Waals surface area contributed by atoms with Gasteiger partial charge in [0, 0.05) is 13.1 Å². The Hall–Kier alpha value is -1.45. The highest BCUT2D eigenvalue weighted by Crippen LogP contribution is 2.29. The highest BCUT2D eigenvalue weighted by atomic mass is 32.2. The zero-order valence-corrected chi connectivity index (χ0v) is 12.5. The lowest BCUT2D eigenvalue weighted by atomic mass is 10.2. The predicted molar refractivity (Wildman–Crippen MR) is 72.4 cm³/mol. The third-order valence-corrected chi connectivity index (χ3v) is 6.74. The van der Waals surface area contributed by atoms with Crippen LogP contribution >= 0.6 is 11.3 Å². The van der Waals surface area contributed by atoms with Gasteiger partial charge in [0.25, 0.3) is 10.0 Å². The molecule has 9 heteroatoms. The van der Waals surface area contributed by atoms with E-state index >= 15 is 0 Å². The van der Waals surface area contributed by atoms with Gasteiger partial charge in [-0.2, -0.15) is 4.31 Å². The Morgan fingerprint density at radius 1 is 1.55 bits per heavy atom. The molecule has 2 N–H and O–H groups in total. The van der Waals surface area contributed by atoms with Crippen molar-refractivity contribution in [2.24, 2.45) is 0 Å². The first kappa shape index (κ1) is 14.9. The third-order valence-electron chi connectivity index (χ3n) is 3.10. The van der Waals surface area contributed by atoms with E-state index in [1.165, 1.54) is 13.0 Å². The Kier molecular flexibility index (Phi) is 3.85. The number of hydrogen-bond donors (Lipinski definition) is 2. The quantitative estimate of drug-likeness (QED) is 0.832. The molecule has 2 heterocycles. The van der Waals surface area contributed by atoms with E-state index in [9.17, 15) is 18.0 Å². The molecule has 110 valence electrons. The fraction of sp³-hybridized carbons (Fsp3) is 0.455. The molecule has 2 rings (SSSR count). The van der Waals surface area contributed by atoms with Crippen LogP contribution in [-0.2, 0) is 14.8 Å². The van der Waals surface area contributed by atoms with E-state index in [1.54, 1.807) is 6.92 Å². The van der Waals surface area contributed by atoms with Gasteiger partial charge in [0.2, 0.25) is 5.91 Å². The first-order valence-electron chi connectivity index (χ1n) is 5.88. The molecule has 20 heavy (non-hydrogen) atoms. The normalized spacial score (nSPS) is 20.7. The molecule has 0 aliphatic carbocycles. The van der Waals surface area contributed by atoms with Crippen molar-refractivity contribution in [3.05, 3.63) is 16.5 Å². The van der Waals surface area contributed by atoms with Gasteiger partial charge in [-0.3, -0.25) is 4.79 Å². The van der Waals surface area contributed by atoms with Gasteiger partial charge in [-0.05, 0) is 25.5 Å². The van der Waals surface area contributed by atoms with Crippen LogP contribution in [0.4, 0.5) is 0 Å². The fourth-order valence-corrected chi connectivity index (χ4v) is 5.10. The number of aryl methyl sites for hydroxylation is 1. The lowest BCUT2D eigenvalue weighted by Gasteiger charge is -2.31. The first-order chi connectivity index (χ1) is 9.25. The summed E-state index contributed by atoms with van der Waals surface area (Å²) in [5.74, 6) is -1.51. The van der Waals surface area contributed by atoms with Gasteiger partial charge >= 0.3 is 5.97 Å². The van der Waals surface area contributed by atoms with Gasteiger partial charge in [-0.1, -0.05) is 0 Å². The number of piperazine rings is 1. The maximum absolute atomic E-state index is 12.5. The standard InChI is InChI=1S/C11H14N2O5S2/c1-6-5-8(19-9(6)11(15)16)20(17,18)13-4-3-12-10(14)7(13)2/h5,7H,3-4H2,1-2H3,(H,12,14)(H,15,16). The molecule has 1 aromatic rings. The van der Waals surface area contributed by atoms with Crippen LogP contribution in [-0.4, -0.2) is 48.8 Å². The zero-order valence-electron chi connectivity index (χ0n) is 10.9. The van der Waals surface area contributed by atoms with Crippen LogP contribution in [0.3, 0.4) is 0 Å². The van der Waals surface area contributed by atoms with Crippen LogP contribution in [0.1, 0.15) is 22.2 Å². The maximum Gasteiger partial charge on any atom is 0.346 e. The number of nitrogens with zero attached hydrogens (tertiary/aromatic N) is 1. The van der Waals surface area contributed by atoms with Crippen molar-refractivity contribution in [2.75, 3.05) is 13.1 Å². The predicted octanol–water partition coefficient (Wildman–Crippen LogP) is 0.264. The molecule has 0 radical (unpaired) electrons. The Morgan fingerprint density at radius 3 is 2.75 bits per heavy atom. The van der Waals surface area contributed by atoms with E-state index in [-0.39, 0.29) is 28.1 Å². The summed E-state index contributed by atoms with van der Waals surface area (Å²) in [6.45, 7) is 3.48. The summed E-state index contributed by atoms with van der Waals surface area (Å²) in [7, 11) is -3.85. The van der Waals surface area contributed by atoms with Crippen LogP contribution in [0.2, 0.25) is 0 Å². The molecule has 0 bridgehead atoms. The molecule has 0 aromatic carbocycles. The minimum Gasteiger partial charge on any atom is -0.477 e. The summed E-state index contributed by atoms with van der Waals surface area (Å²) in [4.78, 5) is 22.5. The van der Waals surface area contributed by atoms with E-state index in [0.29, 0.717) is 16.9 Å². The van der Waals surface area contributed by atoms with Crippen LogP contribution in [0.5, 0.6) is 0 Å². The van der Waals surface area contributed by atoms with Gasteiger partial charge in [-0.25, -0.2) is 13.2 Å². The highest BCUT2D eigenvalue weighted by molar-refractivity contribution is 7.91. The fourth-order valence-electron chi connectivity index (χ4n) is 2.00. The lowest BCUT2D eigenvalue weighted by Crippen LogP contribution is -2.55. The monoisotopic (exact) mass is 318 g/mol. The van der Waals surface area contributed by atoms with E-state index in [4.69, 9.17) is 5.11 Å². The molecule has 7 nitrogen and oxygen atoms in total. The van der Waals surface area contributed by atoms with Crippen molar-refractivity contribution < 1.29 is 23.1 Å². The van der Waals surface area contributed by atoms with Gasteiger partial charge in [0.15, 0.2) is 0 Å². The largest absolute Gasteiger partial charge is 0.477 e. The van der Waals surface area contributed by atoms with E-state index in [2.05, 4.69) is 5.32 Å². The van der Waals surface area contributed by atoms with E-state index in [0.717, 1.165) is 4.31 Å². The first-order valence-corrected chi connectivity index (χ1v) is 8.14. The average molecular weight is 318 g/mol. The Bertz CT molecular complexity index is 664. The maximum atomic E-state index is 12.5. The van der Waals surface area contributed by atoms with Crippen molar-refractivity contribution in [3.63, 3.8) is 0 Å². The molecule has 1 aliphatic rings. The summed E-state index contributed by atoms with van der Waals surface area (Å²) >= 11 is 0.711. The molecule has 1 fully saturated rings. The average Bonchev–Trinajstić information content (AvgIpc) is 2.75. The molecular formula is C11H14N2O5S2. The number of hydrogen-bond acceptors (Lipinski definition) is 5. The second-order valence-corrected chi connectivity index (χ2v) is 7.64. The summed E-state index contributed by atoms with van der Waals surface area (Å²) in [6, 6.07) is 0.535. The second kappa shape index (κ2) is 5.15. The summed E-state index contributed by atoms with van der Waals surface area (Å²) in [5, 5.41) is 11.6. The number of thiophene rings is 1. The smallest absolute Gasteiger partial charge is 0.346 e. The van der Waals surface area contributed by atoms with E-state index < -0.39 is 22.0 Å². The summed E-state index contributed by atoms with van der Waals surface area (Å²) in [6.07, 6.45) is 0. The Labute approximate surface area is 120 Å². The number of aromatic carboxylic acids is 1. The molecule has 1 saturated heterocycles. The molecule has 1 unspecified atom stereocenters. The van der Waals surface area contributed by atoms with Crippen LogP contribution < -0.4 is 5.32 Å². The van der Waals surface area contributed by atoms with Crippen molar-refractivity contribution >= 4 is 33.2 Å². The summed E-state index contributed by atoms with van der Waals surface area (Å²) in [5.41, 5.74) is 0.398. The number of carbonyl (C=O) groups excluding carboxylic acids is 1. The van der Waals surface area contributed by atoms with E-state index in [1.807, 2.05) is 0 Å². The molecule has 1 aliphatic heterocycles. The minimum atomic E-state index is -3.85. The van der Waals surface area contributed by atoms with Gasteiger partial charge in [0.05, 0.1) is 0 Å². The number of rotatable bonds is 3. The highest BCUT2D eigenvalue weighted by Gasteiger charge is 2.37. The number of nitrogens with one attached hydrogen (secondary N) is 1. The summed E-state index contributed by atoms with van der Waals surface area (Å²) < 4.78 is 26.0. The minimum absolute atomic E-state index is 0.00214. The van der Waals surface area contributed by atoms with Crippen molar-refractivity contribution in [3.8, 4) is 0 Å². The molecule has 1 aromatic heterocycles. The van der Waals surface area contributed by atoms with Crippen LogP contribution in [0.15, 0.2) is 10.3 Å². The Morgan fingerprint density at radius 2 is 2.20 bits per heavy atom. The number of amides is 1. The number of sulfonamides is 1. The lowest BCUT2D eigenvalue weighted by molar-refractivity contribution is -0.126.